The van der Waals surface area contributed by atoms with E-state index in [4.69, 9.17) is 16.3 Å². The first kappa shape index (κ1) is 16.6. The highest BCUT2D eigenvalue weighted by Crippen LogP contribution is 2.23. The summed E-state index contributed by atoms with van der Waals surface area (Å²) in [6, 6.07) is 15.6. The molecule has 0 heterocycles. The van der Waals surface area contributed by atoms with E-state index in [1.807, 2.05) is 48.5 Å². The number of alkyl halides is 1. The van der Waals surface area contributed by atoms with Gasteiger partial charge in [-0.3, -0.25) is 4.79 Å². The van der Waals surface area contributed by atoms with E-state index in [-0.39, 0.29) is 11.7 Å². The number of Topliss-reactive ketones (excluding diaryl/α,β-unsaturated/α-hetero) is 1. The van der Waals surface area contributed by atoms with Gasteiger partial charge in [0, 0.05) is 5.56 Å². The van der Waals surface area contributed by atoms with Crippen molar-refractivity contribution in [3.05, 3.63) is 54.1 Å². The summed E-state index contributed by atoms with van der Waals surface area (Å²) in [5.74, 6) is 0.862. The fourth-order valence-corrected chi connectivity index (χ4v) is 2.37. The van der Waals surface area contributed by atoms with Gasteiger partial charge in [0.25, 0.3) is 0 Å². The Bertz CT molecular complexity index is 588. The van der Waals surface area contributed by atoms with E-state index in [2.05, 4.69) is 6.92 Å². The van der Waals surface area contributed by atoms with Crippen molar-refractivity contribution in [3.63, 3.8) is 0 Å². The third-order valence-electron chi connectivity index (χ3n) is 3.53. The van der Waals surface area contributed by atoms with Gasteiger partial charge in [0.05, 0.1) is 12.5 Å². The largest absolute Gasteiger partial charge is 0.494 e. The zero-order chi connectivity index (χ0) is 15.8. The molecule has 22 heavy (non-hydrogen) atoms. The molecule has 2 rings (SSSR count). The van der Waals surface area contributed by atoms with E-state index >= 15 is 0 Å². The monoisotopic (exact) mass is 316 g/mol. The summed E-state index contributed by atoms with van der Waals surface area (Å²) in [6.45, 7) is 2.95. The molecule has 0 aromatic heterocycles. The summed E-state index contributed by atoms with van der Waals surface area (Å²) in [7, 11) is 0. The topological polar surface area (TPSA) is 26.3 Å². The number of hydrogen-bond donors (Lipinski definition) is 0. The lowest BCUT2D eigenvalue weighted by atomic mass is 10.0. The molecule has 0 aliphatic rings. The van der Waals surface area contributed by atoms with Crippen molar-refractivity contribution in [2.24, 2.45) is 0 Å². The van der Waals surface area contributed by atoms with Crippen LogP contribution in [0, 0.1) is 0 Å². The van der Waals surface area contributed by atoms with Crippen LogP contribution >= 0.6 is 11.6 Å². The molecule has 0 fully saturated rings. The van der Waals surface area contributed by atoms with Crippen LogP contribution in [0.5, 0.6) is 5.75 Å². The van der Waals surface area contributed by atoms with Crippen molar-refractivity contribution in [1.82, 2.24) is 0 Å². The SMILES string of the molecule is CCCCCOc1ccc(-c2ccc(C(=O)CCl)cc2)cc1. The molecule has 0 N–H and O–H groups in total. The number of ether oxygens (including phenoxy) is 1. The van der Waals surface area contributed by atoms with Crippen LogP contribution in [-0.4, -0.2) is 18.3 Å². The molecule has 2 nitrogen and oxygen atoms in total. The zero-order valence-electron chi connectivity index (χ0n) is 12.8. The maximum absolute atomic E-state index is 11.5. The standard InChI is InChI=1S/C19H21ClO2/c1-2-3-4-13-22-18-11-9-16(10-12-18)15-5-7-17(8-6-15)19(21)14-20/h5-12H,2-4,13-14H2,1H3. The minimum Gasteiger partial charge on any atom is -0.494 e. The van der Waals surface area contributed by atoms with Crippen molar-refractivity contribution in [2.75, 3.05) is 12.5 Å². The third kappa shape index (κ3) is 4.60. The smallest absolute Gasteiger partial charge is 0.177 e. The molecule has 0 unspecified atom stereocenters. The van der Waals surface area contributed by atoms with Crippen LogP contribution < -0.4 is 4.74 Å². The van der Waals surface area contributed by atoms with E-state index in [9.17, 15) is 4.79 Å². The lowest BCUT2D eigenvalue weighted by molar-refractivity contribution is 0.102. The second kappa shape index (κ2) is 8.60. The quantitative estimate of drug-likeness (QED) is 0.373. The maximum Gasteiger partial charge on any atom is 0.177 e. The fourth-order valence-electron chi connectivity index (χ4n) is 2.21. The van der Waals surface area contributed by atoms with E-state index in [1.165, 1.54) is 12.8 Å². The highest BCUT2D eigenvalue weighted by Gasteiger charge is 2.04. The van der Waals surface area contributed by atoms with E-state index in [0.29, 0.717) is 5.56 Å². The first-order chi connectivity index (χ1) is 10.7. The number of rotatable bonds is 8. The minimum atomic E-state index is -0.0518. The van der Waals surface area contributed by atoms with Crippen LogP contribution in [0.25, 0.3) is 11.1 Å². The first-order valence-corrected chi connectivity index (χ1v) is 8.20. The Kier molecular flexibility index (Phi) is 6.47. The van der Waals surface area contributed by atoms with Crippen molar-refractivity contribution >= 4 is 17.4 Å². The van der Waals surface area contributed by atoms with Crippen LogP contribution in [0.2, 0.25) is 0 Å². The van der Waals surface area contributed by atoms with Gasteiger partial charge in [0.2, 0.25) is 0 Å². The van der Waals surface area contributed by atoms with Gasteiger partial charge in [0.15, 0.2) is 5.78 Å². The first-order valence-electron chi connectivity index (χ1n) is 7.67. The fraction of sp³-hybridized carbons (Fsp3) is 0.316. The summed E-state index contributed by atoms with van der Waals surface area (Å²) in [4.78, 5) is 11.5. The molecule has 3 heteroatoms. The molecule has 116 valence electrons. The number of hydrogen-bond acceptors (Lipinski definition) is 2. The number of ketones is 1. The molecule has 0 saturated heterocycles. The summed E-state index contributed by atoms with van der Waals surface area (Å²) < 4.78 is 5.70. The Morgan fingerprint density at radius 3 is 2.09 bits per heavy atom. The molecule has 2 aromatic rings. The summed E-state index contributed by atoms with van der Waals surface area (Å²) in [5, 5.41) is 0. The van der Waals surface area contributed by atoms with Crippen molar-refractivity contribution in [3.8, 4) is 16.9 Å². The number of carbonyl (C=O) groups is 1. The number of benzene rings is 2. The molecule has 0 aliphatic carbocycles. The third-order valence-corrected chi connectivity index (χ3v) is 3.78. The van der Waals surface area contributed by atoms with Gasteiger partial charge in [-0.2, -0.15) is 0 Å². The van der Waals surface area contributed by atoms with Gasteiger partial charge >= 0.3 is 0 Å². The molecule has 0 radical (unpaired) electrons. The van der Waals surface area contributed by atoms with E-state index < -0.39 is 0 Å². The predicted octanol–water partition coefficient (Wildman–Crippen LogP) is 5.34. The molecule has 0 aliphatic heterocycles. The van der Waals surface area contributed by atoms with Crippen LogP contribution in [0.15, 0.2) is 48.5 Å². The Morgan fingerprint density at radius 1 is 0.955 bits per heavy atom. The Labute approximate surface area is 137 Å². The molecule has 0 atom stereocenters. The Hall–Kier alpha value is -1.80. The number of halogens is 1. The van der Waals surface area contributed by atoms with E-state index in [0.717, 1.165) is 29.9 Å². The average molecular weight is 317 g/mol. The summed E-state index contributed by atoms with van der Waals surface area (Å²) >= 11 is 5.56. The average Bonchev–Trinajstić information content (AvgIpc) is 2.59. The van der Waals surface area contributed by atoms with Gasteiger partial charge in [0.1, 0.15) is 5.75 Å². The van der Waals surface area contributed by atoms with E-state index in [1.54, 1.807) is 0 Å². The predicted molar refractivity (Wildman–Crippen MR) is 91.9 cm³/mol. The molecular weight excluding hydrogens is 296 g/mol. The highest BCUT2D eigenvalue weighted by atomic mass is 35.5. The maximum atomic E-state index is 11.5. The Morgan fingerprint density at radius 2 is 1.55 bits per heavy atom. The van der Waals surface area contributed by atoms with Gasteiger partial charge < -0.3 is 4.74 Å². The minimum absolute atomic E-state index is 0.0173. The normalized spacial score (nSPS) is 10.5. The number of carbonyl (C=O) groups excluding carboxylic acids is 1. The summed E-state index contributed by atoms with van der Waals surface area (Å²) in [5.41, 5.74) is 2.82. The van der Waals surface area contributed by atoms with Crippen molar-refractivity contribution < 1.29 is 9.53 Å². The van der Waals surface area contributed by atoms with Crippen LogP contribution in [-0.2, 0) is 0 Å². The number of unbranched alkanes of at least 4 members (excludes halogenated alkanes) is 2. The second-order valence-electron chi connectivity index (χ2n) is 5.21. The van der Waals surface area contributed by atoms with Crippen LogP contribution in [0.4, 0.5) is 0 Å². The van der Waals surface area contributed by atoms with Gasteiger partial charge in [-0.05, 0) is 29.7 Å². The van der Waals surface area contributed by atoms with Crippen LogP contribution in [0.1, 0.15) is 36.5 Å². The van der Waals surface area contributed by atoms with Crippen LogP contribution in [0.3, 0.4) is 0 Å². The summed E-state index contributed by atoms with van der Waals surface area (Å²) in [6.07, 6.45) is 3.49. The molecular formula is C19H21ClO2. The molecule has 0 spiro atoms. The lowest BCUT2D eigenvalue weighted by Crippen LogP contribution is -1.99. The Balaban J connectivity index is 1.99. The molecule has 0 amide bonds. The van der Waals surface area contributed by atoms with Crippen molar-refractivity contribution in [1.29, 1.82) is 0 Å². The lowest BCUT2D eigenvalue weighted by Gasteiger charge is -2.07. The van der Waals surface area contributed by atoms with Gasteiger partial charge in [-0.15, -0.1) is 11.6 Å². The second-order valence-corrected chi connectivity index (χ2v) is 5.48. The van der Waals surface area contributed by atoms with Crippen molar-refractivity contribution in [2.45, 2.75) is 26.2 Å². The highest BCUT2D eigenvalue weighted by molar-refractivity contribution is 6.30. The zero-order valence-corrected chi connectivity index (χ0v) is 13.6. The molecule has 2 aromatic carbocycles. The molecule has 0 bridgehead atoms. The van der Waals surface area contributed by atoms with Gasteiger partial charge in [-0.1, -0.05) is 56.2 Å². The van der Waals surface area contributed by atoms with Gasteiger partial charge in [-0.25, -0.2) is 0 Å². The molecule has 0 saturated carbocycles.